The lowest BCUT2D eigenvalue weighted by atomic mass is 9.84. The lowest BCUT2D eigenvalue weighted by molar-refractivity contribution is -0.140. The van der Waals surface area contributed by atoms with E-state index >= 15 is 0 Å². The van der Waals surface area contributed by atoms with Crippen LogP contribution in [0.5, 0.6) is 0 Å². The average molecular weight is 332 g/mol. The minimum atomic E-state index is -0.954. The summed E-state index contributed by atoms with van der Waals surface area (Å²) < 4.78 is 19.0. The molecule has 1 saturated carbocycles. The molecule has 2 rings (SSSR count). The van der Waals surface area contributed by atoms with Crippen LogP contribution in [0.25, 0.3) is 0 Å². The molecule has 1 aromatic rings. The molecule has 3 nitrogen and oxygen atoms in total. The Bertz CT molecular complexity index is 555. The predicted molar refractivity (Wildman–Crippen MR) is 91.4 cm³/mol. The molecule has 1 aliphatic carbocycles. The average Bonchev–Trinajstić information content (AvgIpc) is 2.94. The van der Waals surface area contributed by atoms with Crippen molar-refractivity contribution in [1.82, 2.24) is 0 Å². The van der Waals surface area contributed by atoms with Crippen molar-refractivity contribution in [2.75, 3.05) is 7.11 Å². The SMILES string of the molecule is COC(=O)CCC/C=C\C[C@@H]1[C@H](F)CC(c2ccccc2)[C@H]1C=O. The van der Waals surface area contributed by atoms with Crippen molar-refractivity contribution >= 4 is 12.3 Å². The van der Waals surface area contributed by atoms with Crippen LogP contribution in [0.2, 0.25) is 0 Å². The van der Waals surface area contributed by atoms with E-state index in [0.717, 1.165) is 24.7 Å². The fraction of sp³-hybridized carbons (Fsp3) is 0.500. The first-order chi connectivity index (χ1) is 11.7. The van der Waals surface area contributed by atoms with E-state index in [4.69, 9.17) is 0 Å². The molecule has 4 atom stereocenters. The van der Waals surface area contributed by atoms with Gasteiger partial charge in [-0.2, -0.15) is 0 Å². The Hall–Kier alpha value is -1.97. The zero-order valence-corrected chi connectivity index (χ0v) is 14.1. The number of hydrogen-bond donors (Lipinski definition) is 0. The number of unbranched alkanes of at least 4 members (excludes halogenated alkanes) is 1. The number of carbonyl (C=O) groups is 2. The summed E-state index contributed by atoms with van der Waals surface area (Å²) in [5.41, 5.74) is 1.04. The first-order valence-corrected chi connectivity index (χ1v) is 8.53. The molecule has 0 radical (unpaired) electrons. The second kappa shape index (κ2) is 9.36. The van der Waals surface area contributed by atoms with Crippen LogP contribution in [0.3, 0.4) is 0 Å². The number of rotatable bonds is 8. The molecule has 0 N–H and O–H groups in total. The van der Waals surface area contributed by atoms with Gasteiger partial charge in [0.05, 0.1) is 7.11 Å². The number of hydrogen-bond acceptors (Lipinski definition) is 3. The molecular weight excluding hydrogens is 307 g/mol. The zero-order chi connectivity index (χ0) is 17.4. The Morgan fingerprint density at radius 1 is 1.29 bits per heavy atom. The van der Waals surface area contributed by atoms with Gasteiger partial charge >= 0.3 is 5.97 Å². The van der Waals surface area contributed by atoms with Crippen LogP contribution >= 0.6 is 0 Å². The summed E-state index contributed by atoms with van der Waals surface area (Å²) in [6.07, 6.45) is 6.72. The topological polar surface area (TPSA) is 43.4 Å². The minimum Gasteiger partial charge on any atom is -0.469 e. The number of alkyl halides is 1. The van der Waals surface area contributed by atoms with Gasteiger partial charge < -0.3 is 9.53 Å². The molecule has 130 valence electrons. The maximum absolute atomic E-state index is 14.4. The van der Waals surface area contributed by atoms with Gasteiger partial charge in [0, 0.05) is 18.3 Å². The van der Waals surface area contributed by atoms with E-state index in [2.05, 4.69) is 4.74 Å². The van der Waals surface area contributed by atoms with E-state index < -0.39 is 6.17 Å². The molecule has 0 aromatic heterocycles. The number of methoxy groups -OCH3 is 1. The fourth-order valence-corrected chi connectivity index (χ4v) is 3.51. The van der Waals surface area contributed by atoms with E-state index in [-0.39, 0.29) is 23.7 Å². The maximum Gasteiger partial charge on any atom is 0.305 e. The summed E-state index contributed by atoms with van der Waals surface area (Å²) in [6, 6.07) is 9.73. The number of allylic oxidation sites excluding steroid dienone is 2. The third kappa shape index (κ3) is 4.76. The van der Waals surface area contributed by atoms with E-state index in [1.165, 1.54) is 7.11 Å². The summed E-state index contributed by atoms with van der Waals surface area (Å²) in [5.74, 6) is -0.780. The number of halogens is 1. The van der Waals surface area contributed by atoms with E-state index in [0.29, 0.717) is 19.3 Å². The smallest absolute Gasteiger partial charge is 0.305 e. The molecule has 0 bridgehead atoms. The highest BCUT2D eigenvalue weighted by atomic mass is 19.1. The van der Waals surface area contributed by atoms with Crippen LogP contribution in [-0.4, -0.2) is 25.5 Å². The molecular formula is C20H25FO3. The lowest BCUT2D eigenvalue weighted by Gasteiger charge is -2.19. The zero-order valence-electron chi connectivity index (χ0n) is 14.1. The van der Waals surface area contributed by atoms with Crippen molar-refractivity contribution in [3.05, 3.63) is 48.0 Å². The van der Waals surface area contributed by atoms with Gasteiger partial charge in [0.25, 0.3) is 0 Å². The predicted octanol–water partition coefficient (Wildman–Crippen LogP) is 4.23. The Balaban J connectivity index is 1.88. The van der Waals surface area contributed by atoms with Gasteiger partial charge in [-0.25, -0.2) is 4.39 Å². The molecule has 1 aromatic carbocycles. The molecule has 0 heterocycles. The molecule has 0 saturated heterocycles. The van der Waals surface area contributed by atoms with Crippen LogP contribution < -0.4 is 0 Å². The summed E-state index contributed by atoms with van der Waals surface area (Å²) in [6.45, 7) is 0. The van der Waals surface area contributed by atoms with Gasteiger partial charge in [0.2, 0.25) is 0 Å². The number of ether oxygens (including phenoxy) is 1. The van der Waals surface area contributed by atoms with Crippen molar-refractivity contribution in [3.8, 4) is 0 Å². The molecule has 1 aliphatic rings. The Morgan fingerprint density at radius 3 is 2.71 bits per heavy atom. The summed E-state index contributed by atoms with van der Waals surface area (Å²) >= 11 is 0. The third-order valence-electron chi connectivity index (χ3n) is 4.84. The largest absolute Gasteiger partial charge is 0.469 e. The molecule has 0 spiro atoms. The van der Waals surface area contributed by atoms with Gasteiger partial charge in [-0.1, -0.05) is 42.5 Å². The van der Waals surface area contributed by atoms with Crippen LogP contribution in [0, 0.1) is 11.8 Å². The Labute approximate surface area is 142 Å². The summed E-state index contributed by atoms with van der Waals surface area (Å²) in [7, 11) is 1.38. The van der Waals surface area contributed by atoms with Crippen molar-refractivity contribution in [2.45, 2.75) is 44.2 Å². The first-order valence-electron chi connectivity index (χ1n) is 8.53. The lowest BCUT2D eigenvalue weighted by Crippen LogP contribution is -2.18. The normalized spacial score (nSPS) is 26.6. The fourth-order valence-electron chi connectivity index (χ4n) is 3.51. The van der Waals surface area contributed by atoms with Crippen LogP contribution in [0.4, 0.5) is 4.39 Å². The maximum atomic E-state index is 14.4. The van der Waals surface area contributed by atoms with Crippen LogP contribution in [-0.2, 0) is 14.3 Å². The summed E-state index contributed by atoms with van der Waals surface area (Å²) in [5, 5.41) is 0. The summed E-state index contributed by atoms with van der Waals surface area (Å²) in [4.78, 5) is 22.6. The van der Waals surface area contributed by atoms with Gasteiger partial charge in [0.1, 0.15) is 12.5 Å². The number of benzene rings is 1. The molecule has 1 unspecified atom stereocenters. The Kier molecular flexibility index (Phi) is 7.16. The van der Waals surface area contributed by atoms with E-state index in [9.17, 15) is 14.0 Å². The Morgan fingerprint density at radius 2 is 2.04 bits per heavy atom. The highest BCUT2D eigenvalue weighted by Crippen LogP contribution is 2.45. The van der Waals surface area contributed by atoms with Gasteiger partial charge in [-0.15, -0.1) is 0 Å². The molecule has 1 fully saturated rings. The molecule has 24 heavy (non-hydrogen) atoms. The molecule has 0 aliphatic heterocycles. The van der Waals surface area contributed by atoms with Crippen molar-refractivity contribution in [1.29, 1.82) is 0 Å². The second-order valence-electron chi connectivity index (χ2n) is 6.32. The first kappa shape index (κ1) is 18.4. The molecule has 4 heteroatoms. The number of carbonyl (C=O) groups excluding carboxylic acids is 2. The van der Waals surface area contributed by atoms with Crippen molar-refractivity contribution in [3.63, 3.8) is 0 Å². The van der Waals surface area contributed by atoms with Crippen molar-refractivity contribution < 1.29 is 18.7 Å². The van der Waals surface area contributed by atoms with Gasteiger partial charge in [0.15, 0.2) is 0 Å². The van der Waals surface area contributed by atoms with Gasteiger partial charge in [-0.05, 0) is 37.2 Å². The standard InChI is InChI=1S/C20H25FO3/c1-24-20(23)12-8-3-2-7-11-16-18(14-22)17(13-19(16)21)15-9-5-4-6-10-15/h2,4-7,9-10,14,16-19H,3,8,11-13H2,1H3/b7-2-/t16-,17?,18-,19+/m0/s1. The molecule has 0 amide bonds. The number of esters is 1. The van der Waals surface area contributed by atoms with E-state index in [1.807, 2.05) is 42.5 Å². The third-order valence-corrected chi connectivity index (χ3v) is 4.84. The monoisotopic (exact) mass is 332 g/mol. The van der Waals surface area contributed by atoms with Crippen LogP contribution in [0.15, 0.2) is 42.5 Å². The van der Waals surface area contributed by atoms with Gasteiger partial charge in [-0.3, -0.25) is 4.79 Å². The van der Waals surface area contributed by atoms with Crippen LogP contribution in [0.1, 0.15) is 43.6 Å². The van der Waals surface area contributed by atoms with Crippen molar-refractivity contribution in [2.24, 2.45) is 11.8 Å². The minimum absolute atomic E-state index is 0.0311. The van der Waals surface area contributed by atoms with E-state index in [1.54, 1.807) is 0 Å². The highest BCUT2D eigenvalue weighted by Gasteiger charge is 2.43. The quantitative estimate of drug-likeness (QED) is 0.310. The second-order valence-corrected chi connectivity index (χ2v) is 6.32. The highest BCUT2D eigenvalue weighted by molar-refractivity contribution is 5.69. The number of aldehydes is 1.